The molecule has 0 spiro atoms. The van der Waals surface area contributed by atoms with E-state index in [0.29, 0.717) is 5.92 Å². The first kappa shape index (κ1) is 13.3. The van der Waals surface area contributed by atoms with Gasteiger partial charge in [-0.15, -0.1) is 5.10 Å². The maximum absolute atomic E-state index is 11.1. The van der Waals surface area contributed by atoms with Gasteiger partial charge in [-0.1, -0.05) is 15.9 Å². The highest BCUT2D eigenvalue weighted by atomic mass is 79.9. The molecule has 0 unspecified atom stereocenters. The topological polar surface area (TPSA) is 68.0 Å². The summed E-state index contributed by atoms with van der Waals surface area (Å²) in [6.45, 7) is 4.01. The highest BCUT2D eigenvalue weighted by molar-refractivity contribution is 9.10. The number of rotatable bonds is 3. The third-order valence-electron chi connectivity index (χ3n) is 3.43. The zero-order valence-electron chi connectivity index (χ0n) is 11.2. The van der Waals surface area contributed by atoms with Crippen molar-refractivity contribution in [2.75, 3.05) is 0 Å². The van der Waals surface area contributed by atoms with Gasteiger partial charge >= 0.3 is 5.97 Å². The number of benzene rings is 1. The molecule has 0 bridgehead atoms. The first-order valence-electron chi connectivity index (χ1n) is 6.44. The fourth-order valence-corrected chi connectivity index (χ4v) is 2.48. The molecule has 1 aliphatic rings. The van der Waals surface area contributed by atoms with Gasteiger partial charge < -0.3 is 5.11 Å². The fraction of sp³-hybridized carbons (Fsp3) is 0.357. The Labute approximate surface area is 124 Å². The molecule has 1 heterocycles. The molecule has 0 saturated heterocycles. The van der Waals surface area contributed by atoms with E-state index >= 15 is 0 Å². The summed E-state index contributed by atoms with van der Waals surface area (Å²) < 4.78 is 2.74. The monoisotopic (exact) mass is 335 g/mol. The highest BCUT2D eigenvalue weighted by Crippen LogP contribution is 2.40. The van der Waals surface area contributed by atoms with Gasteiger partial charge in [0.05, 0.1) is 5.69 Å². The molecular formula is C14H14BrN3O2. The summed E-state index contributed by atoms with van der Waals surface area (Å²) in [7, 11) is 0. The van der Waals surface area contributed by atoms with Gasteiger partial charge in [0.2, 0.25) is 0 Å². The van der Waals surface area contributed by atoms with Crippen molar-refractivity contribution in [3.05, 3.63) is 39.4 Å². The molecule has 1 saturated carbocycles. The third kappa shape index (κ3) is 2.24. The first-order chi connectivity index (χ1) is 9.47. The van der Waals surface area contributed by atoms with Crippen molar-refractivity contribution in [2.45, 2.75) is 32.6 Å². The SMILES string of the molecule is Cc1cc(-n2nc(C(=O)O)nc2C2CC2)cc(C)c1Br. The molecule has 1 aromatic heterocycles. The predicted octanol–water partition coefficient (Wildman–Crippen LogP) is 3.22. The van der Waals surface area contributed by atoms with Crippen LogP contribution >= 0.6 is 15.9 Å². The Kier molecular flexibility index (Phi) is 3.12. The van der Waals surface area contributed by atoms with Crippen molar-refractivity contribution in [3.63, 3.8) is 0 Å². The fourth-order valence-electron chi connectivity index (χ4n) is 2.26. The van der Waals surface area contributed by atoms with Crippen LogP contribution in [0.1, 0.15) is 46.3 Å². The van der Waals surface area contributed by atoms with E-state index in [2.05, 4.69) is 26.0 Å². The molecule has 3 rings (SSSR count). The standard InChI is InChI=1S/C14H14BrN3O2/c1-7-5-10(6-8(2)11(7)15)18-13(9-3-4-9)16-12(17-18)14(19)20/h5-6,9H,3-4H2,1-2H3,(H,19,20). The number of carboxylic acids is 1. The van der Waals surface area contributed by atoms with Crippen molar-refractivity contribution in [1.29, 1.82) is 0 Å². The van der Waals surface area contributed by atoms with Crippen LogP contribution in [-0.4, -0.2) is 25.8 Å². The highest BCUT2D eigenvalue weighted by Gasteiger charge is 2.31. The normalized spacial score (nSPS) is 14.6. The van der Waals surface area contributed by atoms with Crippen LogP contribution in [0.4, 0.5) is 0 Å². The van der Waals surface area contributed by atoms with E-state index in [1.54, 1.807) is 4.68 Å². The lowest BCUT2D eigenvalue weighted by Crippen LogP contribution is -2.04. The summed E-state index contributed by atoms with van der Waals surface area (Å²) in [4.78, 5) is 15.3. The quantitative estimate of drug-likeness (QED) is 0.934. The van der Waals surface area contributed by atoms with Gasteiger partial charge in [-0.25, -0.2) is 14.5 Å². The smallest absolute Gasteiger partial charge is 0.375 e. The number of hydrogen-bond acceptors (Lipinski definition) is 3. The Bertz CT molecular complexity index is 681. The molecule has 1 fully saturated rings. The van der Waals surface area contributed by atoms with E-state index < -0.39 is 5.97 Å². The van der Waals surface area contributed by atoms with E-state index in [4.69, 9.17) is 5.11 Å². The number of aromatic nitrogens is 3. The molecule has 104 valence electrons. The van der Waals surface area contributed by atoms with Gasteiger partial charge in [0.1, 0.15) is 5.82 Å². The molecule has 0 atom stereocenters. The van der Waals surface area contributed by atoms with Crippen LogP contribution < -0.4 is 0 Å². The summed E-state index contributed by atoms with van der Waals surface area (Å²) in [5, 5.41) is 13.2. The number of hydrogen-bond donors (Lipinski definition) is 1. The molecule has 0 amide bonds. The lowest BCUT2D eigenvalue weighted by molar-refractivity contribution is 0.0683. The van der Waals surface area contributed by atoms with E-state index in [1.807, 2.05) is 26.0 Å². The van der Waals surface area contributed by atoms with Crippen molar-refractivity contribution in [3.8, 4) is 5.69 Å². The van der Waals surface area contributed by atoms with Crippen LogP contribution in [0.5, 0.6) is 0 Å². The Morgan fingerprint density at radius 2 is 1.95 bits per heavy atom. The number of carboxylic acid groups (broad SMARTS) is 1. The molecule has 1 aliphatic carbocycles. The van der Waals surface area contributed by atoms with Crippen molar-refractivity contribution in [1.82, 2.24) is 14.8 Å². The van der Waals surface area contributed by atoms with Crippen LogP contribution in [0.15, 0.2) is 16.6 Å². The Balaban J connectivity index is 2.15. The molecule has 0 radical (unpaired) electrons. The largest absolute Gasteiger partial charge is 0.475 e. The zero-order chi connectivity index (χ0) is 14.4. The second-order valence-electron chi connectivity index (χ2n) is 5.18. The lowest BCUT2D eigenvalue weighted by atomic mass is 10.1. The molecular weight excluding hydrogens is 322 g/mol. The molecule has 0 aliphatic heterocycles. The Hall–Kier alpha value is -1.69. The average molecular weight is 336 g/mol. The third-order valence-corrected chi connectivity index (χ3v) is 4.68. The first-order valence-corrected chi connectivity index (χ1v) is 7.24. The summed E-state index contributed by atoms with van der Waals surface area (Å²) in [6.07, 6.45) is 2.10. The minimum atomic E-state index is -1.09. The number of aryl methyl sites for hydroxylation is 2. The van der Waals surface area contributed by atoms with Crippen LogP contribution in [0.2, 0.25) is 0 Å². The van der Waals surface area contributed by atoms with E-state index in [-0.39, 0.29) is 5.82 Å². The number of halogens is 1. The van der Waals surface area contributed by atoms with Crippen LogP contribution in [0.25, 0.3) is 5.69 Å². The second-order valence-corrected chi connectivity index (χ2v) is 5.97. The zero-order valence-corrected chi connectivity index (χ0v) is 12.8. The van der Waals surface area contributed by atoms with Gasteiger partial charge in [-0.05, 0) is 49.9 Å². The van der Waals surface area contributed by atoms with Crippen molar-refractivity contribution >= 4 is 21.9 Å². The maximum atomic E-state index is 11.1. The number of nitrogens with zero attached hydrogens (tertiary/aromatic N) is 3. The second kappa shape index (κ2) is 4.70. The number of aromatic carboxylic acids is 1. The molecule has 1 N–H and O–H groups in total. The van der Waals surface area contributed by atoms with Gasteiger partial charge in [0.15, 0.2) is 0 Å². The van der Waals surface area contributed by atoms with Crippen LogP contribution in [0, 0.1) is 13.8 Å². The average Bonchev–Trinajstić information content (AvgIpc) is 3.14. The summed E-state index contributed by atoms with van der Waals surface area (Å²) in [6, 6.07) is 3.98. The maximum Gasteiger partial charge on any atom is 0.375 e. The van der Waals surface area contributed by atoms with E-state index in [0.717, 1.165) is 40.0 Å². The Morgan fingerprint density at radius 1 is 1.35 bits per heavy atom. The minimum absolute atomic E-state index is 0.134. The van der Waals surface area contributed by atoms with E-state index in [9.17, 15) is 4.79 Å². The van der Waals surface area contributed by atoms with Gasteiger partial charge in [-0.3, -0.25) is 0 Å². The molecule has 20 heavy (non-hydrogen) atoms. The molecule has 5 nitrogen and oxygen atoms in total. The number of carbonyl (C=O) groups is 1. The van der Waals surface area contributed by atoms with Crippen molar-refractivity contribution < 1.29 is 9.90 Å². The predicted molar refractivity (Wildman–Crippen MR) is 77.5 cm³/mol. The van der Waals surface area contributed by atoms with Crippen LogP contribution in [0.3, 0.4) is 0 Å². The van der Waals surface area contributed by atoms with Crippen LogP contribution in [-0.2, 0) is 0 Å². The van der Waals surface area contributed by atoms with Gasteiger partial charge in [-0.2, -0.15) is 0 Å². The molecule has 6 heteroatoms. The van der Waals surface area contributed by atoms with Crippen molar-refractivity contribution in [2.24, 2.45) is 0 Å². The van der Waals surface area contributed by atoms with Gasteiger partial charge in [0.25, 0.3) is 5.82 Å². The summed E-state index contributed by atoms with van der Waals surface area (Å²) in [5.41, 5.74) is 3.05. The minimum Gasteiger partial charge on any atom is -0.475 e. The Morgan fingerprint density at radius 3 is 2.45 bits per heavy atom. The summed E-state index contributed by atoms with van der Waals surface area (Å²) in [5.74, 6) is -0.135. The molecule has 2 aromatic rings. The van der Waals surface area contributed by atoms with Gasteiger partial charge in [0, 0.05) is 10.4 Å². The lowest BCUT2D eigenvalue weighted by Gasteiger charge is -2.09. The van der Waals surface area contributed by atoms with E-state index in [1.165, 1.54) is 0 Å². The summed E-state index contributed by atoms with van der Waals surface area (Å²) >= 11 is 3.53. The molecule has 1 aromatic carbocycles.